The van der Waals surface area contributed by atoms with Crippen LogP contribution in [-0.2, 0) is 9.53 Å². The van der Waals surface area contributed by atoms with Crippen LogP contribution in [0.1, 0.15) is 27.2 Å². The fraction of sp³-hybridized carbons (Fsp3) is 0.625. The maximum Gasteiger partial charge on any atom is 0.302 e. The number of rotatable bonds is 3. The van der Waals surface area contributed by atoms with Crippen LogP contribution < -0.4 is 0 Å². The fourth-order valence-electron chi connectivity index (χ4n) is 0.623. The summed E-state index contributed by atoms with van der Waals surface area (Å²) in [6.07, 6.45) is 3.04. The van der Waals surface area contributed by atoms with Gasteiger partial charge < -0.3 is 4.74 Å². The zero-order chi connectivity index (χ0) is 7.98. The molecule has 0 fully saturated rings. The molecule has 2 heteroatoms. The third kappa shape index (κ3) is 5.35. The van der Waals surface area contributed by atoms with Crippen molar-refractivity contribution in [2.24, 2.45) is 0 Å². The van der Waals surface area contributed by atoms with Crippen LogP contribution in [0.5, 0.6) is 0 Å². The molecule has 0 radical (unpaired) electrons. The second-order valence-corrected chi connectivity index (χ2v) is 2.24. The summed E-state index contributed by atoms with van der Waals surface area (Å²) in [7, 11) is 0. The van der Waals surface area contributed by atoms with Crippen LogP contribution >= 0.6 is 0 Å². The van der Waals surface area contributed by atoms with Crippen LogP contribution in [0.2, 0.25) is 0 Å². The van der Waals surface area contributed by atoms with Crippen molar-refractivity contribution in [3.63, 3.8) is 0 Å². The van der Waals surface area contributed by atoms with Crippen LogP contribution in [0.25, 0.3) is 0 Å². The summed E-state index contributed by atoms with van der Waals surface area (Å²) in [5, 5.41) is 0. The summed E-state index contributed by atoms with van der Waals surface area (Å²) in [6.45, 7) is 5.85. The Balaban J connectivity index is 3.48. The average molecular weight is 142 g/mol. The maximum absolute atomic E-state index is 10.3. The number of carbonyl (C=O) groups excluding carboxylic acids is 1. The molecule has 0 N–H and O–H groups in total. The summed E-state index contributed by atoms with van der Waals surface area (Å²) < 4.78 is 4.75. The van der Waals surface area contributed by atoms with E-state index in [0.29, 0.717) is 6.61 Å². The molecule has 0 unspecified atom stereocenters. The van der Waals surface area contributed by atoms with E-state index >= 15 is 0 Å². The SMILES string of the molecule is CCC=C(C)COC(C)=O. The van der Waals surface area contributed by atoms with Crippen LogP contribution in [-0.4, -0.2) is 12.6 Å². The summed E-state index contributed by atoms with van der Waals surface area (Å²) in [5.74, 6) is -0.219. The molecule has 0 heterocycles. The van der Waals surface area contributed by atoms with Crippen molar-refractivity contribution in [1.29, 1.82) is 0 Å². The van der Waals surface area contributed by atoms with Gasteiger partial charge in [0.25, 0.3) is 0 Å². The van der Waals surface area contributed by atoms with Gasteiger partial charge in [0, 0.05) is 6.92 Å². The number of hydrogen-bond acceptors (Lipinski definition) is 2. The van der Waals surface area contributed by atoms with Gasteiger partial charge in [-0.15, -0.1) is 0 Å². The minimum Gasteiger partial charge on any atom is -0.461 e. The molecule has 0 aliphatic rings. The van der Waals surface area contributed by atoms with E-state index in [1.807, 2.05) is 13.0 Å². The molecular weight excluding hydrogens is 128 g/mol. The summed E-state index contributed by atoms with van der Waals surface area (Å²) in [5.41, 5.74) is 1.11. The predicted molar refractivity (Wildman–Crippen MR) is 40.7 cm³/mol. The molecule has 10 heavy (non-hydrogen) atoms. The lowest BCUT2D eigenvalue weighted by Crippen LogP contribution is -2.00. The summed E-state index contributed by atoms with van der Waals surface area (Å²) in [4.78, 5) is 10.3. The molecule has 0 aliphatic heterocycles. The Hall–Kier alpha value is -0.790. The quantitative estimate of drug-likeness (QED) is 0.444. The fourth-order valence-corrected chi connectivity index (χ4v) is 0.623. The highest BCUT2D eigenvalue weighted by atomic mass is 16.5. The van der Waals surface area contributed by atoms with Crippen molar-refractivity contribution < 1.29 is 9.53 Å². The van der Waals surface area contributed by atoms with E-state index < -0.39 is 0 Å². The Kier molecular flexibility index (Phi) is 4.63. The molecule has 0 aromatic rings. The Morgan fingerprint density at radius 2 is 2.10 bits per heavy atom. The highest BCUT2D eigenvalue weighted by molar-refractivity contribution is 5.66. The number of hydrogen-bond donors (Lipinski definition) is 0. The number of carbonyl (C=O) groups is 1. The second-order valence-electron chi connectivity index (χ2n) is 2.24. The maximum atomic E-state index is 10.3. The van der Waals surface area contributed by atoms with Gasteiger partial charge in [-0.1, -0.05) is 13.0 Å². The molecule has 0 aromatic heterocycles. The van der Waals surface area contributed by atoms with Gasteiger partial charge in [0.05, 0.1) is 0 Å². The van der Waals surface area contributed by atoms with E-state index in [1.165, 1.54) is 6.92 Å². The molecule has 0 rings (SSSR count). The van der Waals surface area contributed by atoms with Gasteiger partial charge in [-0.25, -0.2) is 0 Å². The first-order chi connectivity index (χ1) is 4.66. The number of ether oxygens (including phenoxy) is 1. The van der Waals surface area contributed by atoms with E-state index in [0.717, 1.165) is 12.0 Å². The summed E-state index contributed by atoms with van der Waals surface area (Å²) in [6, 6.07) is 0. The van der Waals surface area contributed by atoms with Crippen LogP contribution in [0.15, 0.2) is 11.6 Å². The van der Waals surface area contributed by atoms with E-state index in [-0.39, 0.29) is 5.97 Å². The minimum atomic E-state index is -0.219. The third-order valence-electron chi connectivity index (χ3n) is 1.06. The van der Waals surface area contributed by atoms with Crippen LogP contribution in [0, 0.1) is 0 Å². The lowest BCUT2D eigenvalue weighted by molar-refractivity contribution is -0.139. The molecule has 58 valence electrons. The molecule has 0 amide bonds. The first-order valence-corrected chi connectivity index (χ1v) is 3.45. The Bertz CT molecular complexity index is 136. The molecular formula is C8H14O2. The first kappa shape index (κ1) is 9.21. The lowest BCUT2D eigenvalue weighted by atomic mass is 10.3. The second kappa shape index (κ2) is 5.03. The number of allylic oxidation sites excluding steroid dienone is 1. The molecule has 2 nitrogen and oxygen atoms in total. The largest absolute Gasteiger partial charge is 0.461 e. The Labute approximate surface area is 61.9 Å². The van der Waals surface area contributed by atoms with Gasteiger partial charge in [0.2, 0.25) is 0 Å². The predicted octanol–water partition coefficient (Wildman–Crippen LogP) is 1.91. The molecule has 0 bridgehead atoms. The van der Waals surface area contributed by atoms with Gasteiger partial charge in [0.15, 0.2) is 0 Å². The first-order valence-electron chi connectivity index (χ1n) is 3.45. The molecule has 0 spiro atoms. The minimum absolute atomic E-state index is 0.219. The third-order valence-corrected chi connectivity index (χ3v) is 1.06. The van der Waals surface area contributed by atoms with E-state index in [4.69, 9.17) is 4.74 Å². The molecule has 0 atom stereocenters. The van der Waals surface area contributed by atoms with Crippen molar-refractivity contribution in [2.45, 2.75) is 27.2 Å². The van der Waals surface area contributed by atoms with Crippen LogP contribution in [0.3, 0.4) is 0 Å². The zero-order valence-corrected chi connectivity index (χ0v) is 6.81. The van der Waals surface area contributed by atoms with Crippen molar-refractivity contribution in [1.82, 2.24) is 0 Å². The molecule has 0 aliphatic carbocycles. The van der Waals surface area contributed by atoms with Crippen molar-refractivity contribution in [3.05, 3.63) is 11.6 Å². The van der Waals surface area contributed by atoms with Crippen molar-refractivity contribution in [2.75, 3.05) is 6.61 Å². The average Bonchev–Trinajstić information content (AvgIpc) is 1.85. The van der Waals surface area contributed by atoms with Crippen LogP contribution in [0.4, 0.5) is 0 Å². The van der Waals surface area contributed by atoms with E-state index in [1.54, 1.807) is 0 Å². The molecule has 0 saturated carbocycles. The van der Waals surface area contributed by atoms with E-state index in [2.05, 4.69) is 6.92 Å². The molecule has 0 saturated heterocycles. The van der Waals surface area contributed by atoms with E-state index in [9.17, 15) is 4.79 Å². The van der Waals surface area contributed by atoms with Crippen molar-refractivity contribution >= 4 is 5.97 Å². The highest BCUT2D eigenvalue weighted by Gasteiger charge is 1.91. The Morgan fingerprint density at radius 3 is 2.50 bits per heavy atom. The van der Waals surface area contributed by atoms with Gasteiger partial charge in [-0.3, -0.25) is 4.79 Å². The number of esters is 1. The van der Waals surface area contributed by atoms with Crippen molar-refractivity contribution in [3.8, 4) is 0 Å². The summed E-state index contributed by atoms with van der Waals surface area (Å²) >= 11 is 0. The Morgan fingerprint density at radius 1 is 1.50 bits per heavy atom. The topological polar surface area (TPSA) is 26.3 Å². The normalized spacial score (nSPS) is 11.3. The standard InChI is InChI=1S/C8H14O2/c1-4-5-7(2)6-10-8(3)9/h5H,4,6H2,1-3H3. The van der Waals surface area contributed by atoms with Gasteiger partial charge >= 0.3 is 5.97 Å². The monoisotopic (exact) mass is 142 g/mol. The smallest absolute Gasteiger partial charge is 0.302 e. The van der Waals surface area contributed by atoms with Gasteiger partial charge in [-0.05, 0) is 18.9 Å². The zero-order valence-electron chi connectivity index (χ0n) is 6.81. The van der Waals surface area contributed by atoms with Gasteiger partial charge in [-0.2, -0.15) is 0 Å². The molecule has 0 aromatic carbocycles. The van der Waals surface area contributed by atoms with Gasteiger partial charge in [0.1, 0.15) is 6.61 Å². The highest BCUT2D eigenvalue weighted by Crippen LogP contribution is 1.95. The lowest BCUT2D eigenvalue weighted by Gasteiger charge is -1.99.